The van der Waals surface area contributed by atoms with Gasteiger partial charge in [-0.25, -0.2) is 0 Å². The largest absolute Gasteiger partial charge is 0.310 e. The number of nitrogens with one attached hydrogen (secondary N) is 1. The number of carbonyl (C=O) groups excluding carboxylic acids is 1. The fourth-order valence-electron chi connectivity index (χ4n) is 1.48. The molecule has 2 nitrogen and oxygen atoms in total. The fourth-order valence-corrected chi connectivity index (χ4v) is 1.48. The molecule has 0 heterocycles. The smallest absolute Gasteiger partial charge is 0.121 e. The SMILES string of the molecule is CCN[C@H](CC=O)c1ccc(C)cc1. The van der Waals surface area contributed by atoms with Gasteiger partial charge in [-0.3, -0.25) is 0 Å². The molecular weight excluding hydrogens is 174 g/mol. The molecule has 0 fully saturated rings. The molecule has 0 aliphatic heterocycles. The van der Waals surface area contributed by atoms with Gasteiger partial charge in [-0.05, 0) is 19.0 Å². The van der Waals surface area contributed by atoms with Crippen molar-refractivity contribution < 1.29 is 4.79 Å². The van der Waals surface area contributed by atoms with Crippen molar-refractivity contribution in [1.29, 1.82) is 0 Å². The second kappa shape index (κ2) is 5.55. The highest BCUT2D eigenvalue weighted by Crippen LogP contribution is 2.15. The number of carbonyl (C=O) groups is 1. The molecule has 0 aliphatic rings. The van der Waals surface area contributed by atoms with Crippen molar-refractivity contribution in [2.45, 2.75) is 26.3 Å². The normalized spacial score (nSPS) is 12.4. The summed E-state index contributed by atoms with van der Waals surface area (Å²) in [6.45, 7) is 4.99. The lowest BCUT2D eigenvalue weighted by Gasteiger charge is -2.15. The van der Waals surface area contributed by atoms with Crippen LogP contribution in [0.1, 0.15) is 30.5 Å². The molecule has 0 aromatic heterocycles. The van der Waals surface area contributed by atoms with E-state index >= 15 is 0 Å². The van der Waals surface area contributed by atoms with Gasteiger partial charge in [0.15, 0.2) is 0 Å². The maximum absolute atomic E-state index is 10.5. The minimum atomic E-state index is 0.165. The third kappa shape index (κ3) is 2.96. The first-order valence-corrected chi connectivity index (χ1v) is 5.01. The lowest BCUT2D eigenvalue weighted by molar-refractivity contribution is -0.108. The third-order valence-electron chi connectivity index (χ3n) is 2.26. The first kappa shape index (κ1) is 10.9. The molecular formula is C12H17NO. The summed E-state index contributed by atoms with van der Waals surface area (Å²) in [6, 6.07) is 8.46. The Morgan fingerprint density at radius 3 is 2.50 bits per heavy atom. The van der Waals surface area contributed by atoms with Gasteiger partial charge in [0, 0.05) is 12.5 Å². The van der Waals surface area contributed by atoms with Crippen LogP contribution in [0.5, 0.6) is 0 Å². The van der Waals surface area contributed by atoms with Crippen LogP contribution in [-0.4, -0.2) is 12.8 Å². The molecule has 1 aromatic carbocycles. The molecule has 14 heavy (non-hydrogen) atoms. The van der Waals surface area contributed by atoms with Crippen LogP contribution in [-0.2, 0) is 4.79 Å². The summed E-state index contributed by atoms with van der Waals surface area (Å²) in [7, 11) is 0. The van der Waals surface area contributed by atoms with E-state index in [0.717, 1.165) is 12.8 Å². The lowest BCUT2D eigenvalue weighted by Crippen LogP contribution is -2.21. The summed E-state index contributed by atoms with van der Waals surface area (Å²) in [5.74, 6) is 0. The topological polar surface area (TPSA) is 29.1 Å². The summed E-state index contributed by atoms with van der Waals surface area (Å²) >= 11 is 0. The third-order valence-corrected chi connectivity index (χ3v) is 2.26. The highest BCUT2D eigenvalue weighted by molar-refractivity contribution is 5.51. The van der Waals surface area contributed by atoms with Gasteiger partial charge >= 0.3 is 0 Å². The van der Waals surface area contributed by atoms with Gasteiger partial charge in [-0.15, -0.1) is 0 Å². The van der Waals surface area contributed by atoms with Crippen molar-refractivity contribution in [3.8, 4) is 0 Å². The predicted molar refractivity (Wildman–Crippen MR) is 58.3 cm³/mol. The summed E-state index contributed by atoms with van der Waals surface area (Å²) in [5, 5.41) is 3.29. The van der Waals surface area contributed by atoms with Crippen molar-refractivity contribution >= 4 is 6.29 Å². The summed E-state index contributed by atoms with van der Waals surface area (Å²) in [5.41, 5.74) is 2.43. The molecule has 0 saturated heterocycles. The van der Waals surface area contributed by atoms with Gasteiger partial charge in [0.05, 0.1) is 0 Å². The zero-order valence-electron chi connectivity index (χ0n) is 8.79. The predicted octanol–water partition coefficient (Wildman–Crippen LogP) is 2.23. The minimum Gasteiger partial charge on any atom is -0.310 e. The molecule has 1 N–H and O–H groups in total. The van der Waals surface area contributed by atoms with Crippen LogP contribution in [0.25, 0.3) is 0 Å². The average molecular weight is 191 g/mol. The molecule has 0 unspecified atom stereocenters. The highest BCUT2D eigenvalue weighted by Gasteiger charge is 2.08. The van der Waals surface area contributed by atoms with Gasteiger partial charge in [0.2, 0.25) is 0 Å². The van der Waals surface area contributed by atoms with Crippen molar-refractivity contribution in [3.05, 3.63) is 35.4 Å². The molecule has 76 valence electrons. The van der Waals surface area contributed by atoms with Crippen LogP contribution >= 0.6 is 0 Å². The molecule has 0 aliphatic carbocycles. The molecule has 1 aromatic rings. The Hall–Kier alpha value is -1.15. The molecule has 1 atom stereocenters. The number of rotatable bonds is 5. The number of benzene rings is 1. The Kier molecular flexibility index (Phi) is 4.33. The van der Waals surface area contributed by atoms with Crippen LogP contribution in [0.3, 0.4) is 0 Å². The first-order valence-electron chi connectivity index (χ1n) is 5.01. The highest BCUT2D eigenvalue weighted by atomic mass is 16.1. The molecule has 0 bridgehead atoms. The molecule has 0 radical (unpaired) electrons. The lowest BCUT2D eigenvalue weighted by atomic mass is 10.0. The second-order valence-electron chi connectivity index (χ2n) is 3.42. The fraction of sp³-hybridized carbons (Fsp3) is 0.417. The monoisotopic (exact) mass is 191 g/mol. The summed E-state index contributed by atoms with van der Waals surface area (Å²) in [6.07, 6.45) is 1.50. The van der Waals surface area contributed by atoms with Crippen LogP contribution in [0.2, 0.25) is 0 Å². The number of aryl methyl sites for hydroxylation is 1. The Balaban J connectivity index is 2.76. The van der Waals surface area contributed by atoms with E-state index in [2.05, 4.69) is 36.5 Å². The van der Waals surface area contributed by atoms with Crippen molar-refractivity contribution in [2.75, 3.05) is 6.54 Å². The van der Waals surface area contributed by atoms with Crippen molar-refractivity contribution in [3.63, 3.8) is 0 Å². The summed E-state index contributed by atoms with van der Waals surface area (Å²) < 4.78 is 0. The number of hydrogen-bond donors (Lipinski definition) is 1. The van der Waals surface area contributed by atoms with E-state index in [4.69, 9.17) is 0 Å². The van der Waals surface area contributed by atoms with E-state index in [1.54, 1.807) is 0 Å². The maximum atomic E-state index is 10.5. The van der Waals surface area contributed by atoms with Gasteiger partial charge in [0.1, 0.15) is 6.29 Å². The van der Waals surface area contributed by atoms with E-state index < -0.39 is 0 Å². The van der Waals surface area contributed by atoms with Gasteiger partial charge in [-0.2, -0.15) is 0 Å². The Morgan fingerprint density at radius 1 is 1.36 bits per heavy atom. The minimum absolute atomic E-state index is 0.165. The molecule has 0 amide bonds. The van der Waals surface area contributed by atoms with Crippen LogP contribution in [0, 0.1) is 6.92 Å². The van der Waals surface area contributed by atoms with Gasteiger partial charge in [-0.1, -0.05) is 36.8 Å². The molecule has 0 spiro atoms. The van der Waals surface area contributed by atoms with Crippen LogP contribution in [0.15, 0.2) is 24.3 Å². The zero-order valence-corrected chi connectivity index (χ0v) is 8.79. The standard InChI is InChI=1S/C12H17NO/c1-3-13-12(8-9-14)11-6-4-10(2)5-7-11/h4-7,9,12-13H,3,8H2,1-2H3/t12-/m1/s1. The van der Waals surface area contributed by atoms with E-state index in [1.165, 1.54) is 11.1 Å². The van der Waals surface area contributed by atoms with E-state index in [-0.39, 0.29) is 6.04 Å². The zero-order chi connectivity index (χ0) is 10.4. The molecule has 2 heteroatoms. The van der Waals surface area contributed by atoms with Gasteiger partial charge < -0.3 is 10.1 Å². The Labute approximate surface area is 85.3 Å². The average Bonchev–Trinajstić information content (AvgIpc) is 2.19. The number of aldehydes is 1. The Morgan fingerprint density at radius 2 is 2.00 bits per heavy atom. The summed E-state index contributed by atoms with van der Waals surface area (Å²) in [4.78, 5) is 10.5. The van der Waals surface area contributed by atoms with E-state index in [0.29, 0.717) is 6.42 Å². The van der Waals surface area contributed by atoms with Gasteiger partial charge in [0.25, 0.3) is 0 Å². The van der Waals surface area contributed by atoms with Crippen LogP contribution < -0.4 is 5.32 Å². The van der Waals surface area contributed by atoms with E-state index in [9.17, 15) is 4.79 Å². The van der Waals surface area contributed by atoms with E-state index in [1.807, 2.05) is 6.92 Å². The van der Waals surface area contributed by atoms with Crippen LogP contribution in [0.4, 0.5) is 0 Å². The quantitative estimate of drug-likeness (QED) is 0.723. The molecule has 1 rings (SSSR count). The number of hydrogen-bond acceptors (Lipinski definition) is 2. The second-order valence-corrected chi connectivity index (χ2v) is 3.42. The molecule has 0 saturated carbocycles. The van der Waals surface area contributed by atoms with Crippen molar-refractivity contribution in [1.82, 2.24) is 5.32 Å². The van der Waals surface area contributed by atoms with Crippen molar-refractivity contribution in [2.24, 2.45) is 0 Å². The maximum Gasteiger partial charge on any atom is 0.121 e. The first-order chi connectivity index (χ1) is 6.77. The Bertz CT molecular complexity index is 279.